The van der Waals surface area contributed by atoms with Crippen LogP contribution in [0.15, 0.2) is 12.2 Å². The van der Waals surface area contributed by atoms with Gasteiger partial charge in [-0.3, -0.25) is 4.79 Å². The number of allylic oxidation sites excluding steroid dienone is 1. The molecule has 1 rings (SSSR count). The second-order valence-electron chi connectivity index (χ2n) is 16.7. The summed E-state index contributed by atoms with van der Waals surface area (Å²) in [6, 6.07) is -0.974. The molecule has 0 aliphatic carbocycles. The van der Waals surface area contributed by atoms with Crippen molar-refractivity contribution in [3.8, 4) is 0 Å². The lowest BCUT2D eigenvalue weighted by Crippen LogP contribution is -2.60. The first-order valence-electron chi connectivity index (χ1n) is 23.5. The molecule has 0 saturated carbocycles. The molecule has 0 radical (unpaired) electrons. The van der Waals surface area contributed by atoms with Gasteiger partial charge in [0.2, 0.25) is 5.91 Å². The van der Waals surface area contributed by atoms with E-state index in [1.165, 1.54) is 148 Å². The van der Waals surface area contributed by atoms with Crippen LogP contribution >= 0.6 is 0 Å². The van der Waals surface area contributed by atoms with E-state index in [1.54, 1.807) is 6.08 Å². The highest BCUT2D eigenvalue weighted by Crippen LogP contribution is 2.23. The summed E-state index contributed by atoms with van der Waals surface area (Å²) in [5.74, 6) is -0.615. The molecule has 1 fully saturated rings. The number of hydrogen-bond donors (Lipinski definition) is 7. The van der Waals surface area contributed by atoms with Gasteiger partial charge in [0, 0.05) is 0 Å². The molecule has 0 aromatic rings. The minimum Gasteiger partial charge on any atom is -0.394 e. The minimum atomic E-state index is -1.61. The van der Waals surface area contributed by atoms with Crippen LogP contribution in [0.4, 0.5) is 0 Å². The maximum atomic E-state index is 13.0. The topological polar surface area (TPSA) is 169 Å². The Morgan fingerprint density at radius 1 is 0.607 bits per heavy atom. The van der Waals surface area contributed by atoms with Gasteiger partial charge in [-0.05, 0) is 19.3 Å². The van der Waals surface area contributed by atoms with Gasteiger partial charge in [-0.2, -0.15) is 0 Å². The Bertz CT molecular complexity index is 906. The fourth-order valence-electron chi connectivity index (χ4n) is 7.57. The molecule has 332 valence electrons. The van der Waals surface area contributed by atoms with Crippen LogP contribution in [0, 0.1) is 0 Å². The molecule has 0 aromatic heterocycles. The highest BCUT2D eigenvalue weighted by Gasteiger charge is 2.44. The van der Waals surface area contributed by atoms with E-state index in [-0.39, 0.29) is 6.61 Å². The summed E-state index contributed by atoms with van der Waals surface area (Å²) in [6.45, 7) is 3.61. The molecule has 0 aromatic carbocycles. The molecule has 56 heavy (non-hydrogen) atoms. The molecule has 0 bridgehead atoms. The number of nitrogens with one attached hydrogen (secondary N) is 1. The zero-order chi connectivity index (χ0) is 41.1. The summed E-state index contributed by atoms with van der Waals surface area (Å²) >= 11 is 0. The van der Waals surface area contributed by atoms with Crippen molar-refractivity contribution >= 4 is 5.91 Å². The molecule has 1 saturated heterocycles. The summed E-state index contributed by atoms with van der Waals surface area (Å²) in [7, 11) is 0. The van der Waals surface area contributed by atoms with Crippen LogP contribution in [-0.4, -0.2) is 98.7 Å². The lowest BCUT2D eigenvalue weighted by atomic mass is 9.99. The molecule has 0 spiro atoms. The second kappa shape index (κ2) is 36.9. The van der Waals surface area contributed by atoms with Crippen LogP contribution in [0.1, 0.15) is 213 Å². The Labute approximate surface area is 342 Å². The number of aliphatic hydroxyl groups excluding tert-OH is 6. The van der Waals surface area contributed by atoms with Crippen molar-refractivity contribution in [2.75, 3.05) is 13.2 Å². The van der Waals surface area contributed by atoms with Gasteiger partial charge in [-0.15, -0.1) is 0 Å². The predicted molar refractivity (Wildman–Crippen MR) is 227 cm³/mol. The van der Waals surface area contributed by atoms with Crippen molar-refractivity contribution in [3.63, 3.8) is 0 Å². The highest BCUT2D eigenvalue weighted by atomic mass is 16.7. The zero-order valence-corrected chi connectivity index (χ0v) is 36.0. The maximum absolute atomic E-state index is 13.0. The molecular weight excluding hydrogens is 711 g/mol. The van der Waals surface area contributed by atoms with E-state index >= 15 is 0 Å². The third-order valence-electron chi connectivity index (χ3n) is 11.5. The van der Waals surface area contributed by atoms with Crippen molar-refractivity contribution in [1.82, 2.24) is 5.32 Å². The molecule has 8 atom stereocenters. The summed E-state index contributed by atoms with van der Waals surface area (Å²) in [5, 5.41) is 64.6. The number of carbonyl (C=O) groups is 1. The van der Waals surface area contributed by atoms with Crippen LogP contribution in [0.3, 0.4) is 0 Å². The minimum absolute atomic E-state index is 0.301. The number of hydrogen-bond acceptors (Lipinski definition) is 9. The van der Waals surface area contributed by atoms with Gasteiger partial charge >= 0.3 is 0 Å². The van der Waals surface area contributed by atoms with Crippen molar-refractivity contribution in [2.45, 2.75) is 262 Å². The summed E-state index contributed by atoms with van der Waals surface area (Å²) in [6.07, 6.45) is 31.5. The SMILES string of the molecule is CCCCCCCCCCCCCCCCCCC/C=C/[C@@H](O)[C@H](CO[C@@H]1O[C@H](CO)[C@@H](O)[C@H](O)[C@H]1O)NC(=O)[C@H](O)CCCCCCCCCCCCCC. The van der Waals surface area contributed by atoms with E-state index in [2.05, 4.69) is 19.2 Å². The lowest BCUT2D eigenvalue weighted by molar-refractivity contribution is -0.302. The molecule has 7 N–H and O–H groups in total. The fraction of sp³-hybridized carbons (Fsp3) is 0.935. The van der Waals surface area contributed by atoms with Crippen LogP contribution in [0.2, 0.25) is 0 Å². The smallest absolute Gasteiger partial charge is 0.249 e. The molecule has 1 heterocycles. The largest absolute Gasteiger partial charge is 0.394 e. The average molecular weight is 800 g/mol. The van der Waals surface area contributed by atoms with Gasteiger partial charge in [-0.1, -0.05) is 206 Å². The predicted octanol–water partition coefficient (Wildman–Crippen LogP) is 8.70. The van der Waals surface area contributed by atoms with Crippen LogP contribution in [0.25, 0.3) is 0 Å². The van der Waals surface area contributed by atoms with Gasteiger partial charge < -0.3 is 45.4 Å². The van der Waals surface area contributed by atoms with Crippen LogP contribution in [-0.2, 0) is 14.3 Å². The molecule has 10 heteroatoms. The van der Waals surface area contributed by atoms with E-state index in [4.69, 9.17) is 9.47 Å². The normalized spacial score (nSPS) is 21.8. The standard InChI is InChI=1S/C46H89NO9/c1-3-5-7-9-11-13-15-17-18-19-20-21-22-23-25-26-28-30-32-34-39(49)38(37-55-46-44(53)43(52)42(51)41(36-48)56-46)47-45(54)40(50)35-33-31-29-27-24-16-14-12-10-8-6-4-2/h32,34,38-44,46,48-53H,3-31,33,35-37H2,1-2H3,(H,47,54)/b34-32+/t38-,39+,40+,41+,42+,43-,44+,46+/m0/s1. The Hall–Kier alpha value is -1.11. The molecule has 1 aliphatic heterocycles. The maximum Gasteiger partial charge on any atom is 0.249 e. The number of rotatable bonds is 39. The molecule has 10 nitrogen and oxygen atoms in total. The third-order valence-corrected chi connectivity index (χ3v) is 11.5. The average Bonchev–Trinajstić information content (AvgIpc) is 3.20. The van der Waals surface area contributed by atoms with E-state index in [0.717, 1.165) is 44.9 Å². The van der Waals surface area contributed by atoms with Crippen molar-refractivity contribution in [2.24, 2.45) is 0 Å². The van der Waals surface area contributed by atoms with Crippen LogP contribution in [0.5, 0.6) is 0 Å². The number of amides is 1. The molecular formula is C46H89NO9. The van der Waals surface area contributed by atoms with Gasteiger partial charge in [-0.25, -0.2) is 0 Å². The second-order valence-corrected chi connectivity index (χ2v) is 16.7. The fourth-order valence-corrected chi connectivity index (χ4v) is 7.57. The van der Waals surface area contributed by atoms with Crippen molar-refractivity contribution in [1.29, 1.82) is 0 Å². The molecule has 0 unspecified atom stereocenters. The Kier molecular flexibility index (Phi) is 34.9. The van der Waals surface area contributed by atoms with Crippen molar-refractivity contribution < 1.29 is 44.9 Å². The summed E-state index contributed by atoms with van der Waals surface area (Å²) in [4.78, 5) is 13.0. The monoisotopic (exact) mass is 800 g/mol. The number of unbranched alkanes of at least 4 members (excludes halogenated alkanes) is 28. The number of ether oxygens (including phenoxy) is 2. The highest BCUT2D eigenvalue weighted by molar-refractivity contribution is 5.80. The number of aliphatic hydroxyl groups is 6. The summed E-state index contributed by atoms with van der Waals surface area (Å²) < 4.78 is 11.1. The Morgan fingerprint density at radius 3 is 1.45 bits per heavy atom. The van der Waals surface area contributed by atoms with Gasteiger partial charge in [0.1, 0.15) is 30.5 Å². The third kappa shape index (κ3) is 26.8. The number of carbonyl (C=O) groups excluding carboxylic acids is 1. The first kappa shape index (κ1) is 52.9. The Morgan fingerprint density at radius 2 is 1.02 bits per heavy atom. The van der Waals surface area contributed by atoms with E-state index < -0.39 is 61.5 Å². The van der Waals surface area contributed by atoms with Crippen LogP contribution < -0.4 is 5.32 Å². The van der Waals surface area contributed by atoms with Gasteiger partial charge in [0.25, 0.3) is 0 Å². The van der Waals surface area contributed by atoms with Gasteiger partial charge in [0.05, 0.1) is 25.4 Å². The first-order chi connectivity index (χ1) is 27.3. The lowest BCUT2D eigenvalue weighted by Gasteiger charge is -2.40. The quantitative estimate of drug-likeness (QED) is 0.0238. The van der Waals surface area contributed by atoms with Gasteiger partial charge in [0.15, 0.2) is 6.29 Å². The van der Waals surface area contributed by atoms with E-state index in [0.29, 0.717) is 6.42 Å². The van der Waals surface area contributed by atoms with E-state index in [1.807, 2.05) is 6.08 Å². The van der Waals surface area contributed by atoms with E-state index in [9.17, 15) is 35.4 Å². The first-order valence-corrected chi connectivity index (χ1v) is 23.5. The summed E-state index contributed by atoms with van der Waals surface area (Å²) in [5.41, 5.74) is 0. The molecule has 1 aliphatic rings. The molecule has 1 amide bonds. The Balaban J connectivity index is 2.40. The zero-order valence-electron chi connectivity index (χ0n) is 36.0. The van der Waals surface area contributed by atoms with Crippen molar-refractivity contribution in [3.05, 3.63) is 12.2 Å².